The predicted octanol–water partition coefficient (Wildman–Crippen LogP) is 3.49. The zero-order valence-electron chi connectivity index (χ0n) is 18.5. The summed E-state index contributed by atoms with van der Waals surface area (Å²) in [5, 5.41) is 9.62. The number of amides is 1. The smallest absolute Gasteiger partial charge is 0.387 e. The first-order chi connectivity index (χ1) is 15.0. The zero-order valence-corrected chi connectivity index (χ0v) is 20.8. The minimum Gasteiger partial charge on any atom is -0.433 e. The summed E-state index contributed by atoms with van der Waals surface area (Å²) >= 11 is 0. The molecule has 2 fully saturated rings. The standard InChI is InChI=1S/C22H33F2N5O2.HI/c1-2-25-22(26-14-20(30)27-16-8-4-3-5-9-16)28-17-12-13-29(15-17)18-10-6-7-11-19(18)31-21(23)24;/h6-7,10-11,16-17,21H,2-5,8-9,12-15H2,1H3,(H,27,30)(H2,25,26,28);1H. The molecule has 1 aromatic carbocycles. The Labute approximate surface area is 205 Å². The number of alkyl halides is 2. The van der Waals surface area contributed by atoms with Gasteiger partial charge in [0, 0.05) is 31.7 Å². The summed E-state index contributed by atoms with van der Waals surface area (Å²) < 4.78 is 30.1. The lowest BCUT2D eigenvalue weighted by atomic mass is 9.95. The molecule has 1 unspecified atom stereocenters. The van der Waals surface area contributed by atoms with Gasteiger partial charge in [-0.05, 0) is 38.3 Å². The molecule has 2 aliphatic rings. The number of carbonyl (C=O) groups excluding carboxylic acids is 1. The van der Waals surface area contributed by atoms with Crippen molar-refractivity contribution in [2.45, 2.75) is 64.1 Å². The second-order valence-corrected chi connectivity index (χ2v) is 8.02. The van der Waals surface area contributed by atoms with Crippen molar-refractivity contribution >= 4 is 41.5 Å². The van der Waals surface area contributed by atoms with Crippen LogP contribution in [0.15, 0.2) is 29.3 Å². The highest BCUT2D eigenvalue weighted by atomic mass is 127. The second kappa shape index (κ2) is 13.6. The molecule has 3 rings (SSSR count). The van der Waals surface area contributed by atoms with E-state index in [9.17, 15) is 13.6 Å². The molecule has 180 valence electrons. The molecule has 1 atom stereocenters. The summed E-state index contributed by atoms with van der Waals surface area (Å²) in [6.07, 6.45) is 6.49. The Hall–Kier alpha value is -1.85. The maximum absolute atomic E-state index is 12.7. The van der Waals surface area contributed by atoms with Crippen LogP contribution in [-0.2, 0) is 4.79 Å². The minimum absolute atomic E-state index is 0. The molecule has 0 bridgehead atoms. The van der Waals surface area contributed by atoms with Crippen LogP contribution in [0.1, 0.15) is 45.4 Å². The van der Waals surface area contributed by atoms with E-state index in [1.54, 1.807) is 18.2 Å². The third-order valence-corrected chi connectivity index (χ3v) is 5.65. The Balaban J connectivity index is 0.00000363. The number of carbonyl (C=O) groups is 1. The average Bonchev–Trinajstić information content (AvgIpc) is 3.21. The molecule has 0 aromatic heterocycles. The predicted molar refractivity (Wildman–Crippen MR) is 133 cm³/mol. The van der Waals surface area contributed by atoms with Crippen molar-refractivity contribution in [2.24, 2.45) is 4.99 Å². The Kier molecular flexibility index (Phi) is 11.3. The van der Waals surface area contributed by atoms with Crippen LogP contribution in [0.3, 0.4) is 0 Å². The molecule has 32 heavy (non-hydrogen) atoms. The van der Waals surface area contributed by atoms with E-state index in [4.69, 9.17) is 0 Å². The van der Waals surface area contributed by atoms with Crippen LogP contribution >= 0.6 is 24.0 Å². The van der Waals surface area contributed by atoms with Gasteiger partial charge in [-0.15, -0.1) is 24.0 Å². The van der Waals surface area contributed by atoms with Crippen molar-refractivity contribution in [1.29, 1.82) is 0 Å². The third-order valence-electron chi connectivity index (χ3n) is 5.65. The van der Waals surface area contributed by atoms with Crippen LogP contribution in [-0.4, -0.2) is 56.7 Å². The number of benzene rings is 1. The fraction of sp³-hybridized carbons (Fsp3) is 0.636. The summed E-state index contributed by atoms with van der Waals surface area (Å²) in [4.78, 5) is 18.7. The number of hydrogen-bond acceptors (Lipinski definition) is 4. The van der Waals surface area contributed by atoms with Crippen molar-refractivity contribution in [3.63, 3.8) is 0 Å². The second-order valence-electron chi connectivity index (χ2n) is 8.02. The first-order valence-electron chi connectivity index (χ1n) is 11.2. The average molecular weight is 565 g/mol. The van der Waals surface area contributed by atoms with Gasteiger partial charge in [-0.3, -0.25) is 4.79 Å². The van der Waals surface area contributed by atoms with Crippen molar-refractivity contribution in [1.82, 2.24) is 16.0 Å². The fourth-order valence-corrected chi connectivity index (χ4v) is 4.20. The Morgan fingerprint density at radius 2 is 1.91 bits per heavy atom. The molecule has 10 heteroatoms. The van der Waals surface area contributed by atoms with Gasteiger partial charge in [0.25, 0.3) is 0 Å². The number of aliphatic imine (C=N–C) groups is 1. The van der Waals surface area contributed by atoms with E-state index in [1.807, 2.05) is 17.9 Å². The summed E-state index contributed by atoms with van der Waals surface area (Å²) in [5.74, 6) is 0.707. The van der Waals surface area contributed by atoms with Gasteiger partial charge in [0.1, 0.15) is 12.3 Å². The van der Waals surface area contributed by atoms with E-state index in [2.05, 4.69) is 25.7 Å². The van der Waals surface area contributed by atoms with Crippen molar-refractivity contribution in [3.05, 3.63) is 24.3 Å². The van der Waals surface area contributed by atoms with Crippen molar-refractivity contribution in [3.8, 4) is 5.75 Å². The largest absolute Gasteiger partial charge is 0.433 e. The highest BCUT2D eigenvalue weighted by molar-refractivity contribution is 14.0. The van der Waals surface area contributed by atoms with Crippen LogP contribution in [0.25, 0.3) is 0 Å². The number of nitrogens with one attached hydrogen (secondary N) is 3. The summed E-state index contributed by atoms with van der Waals surface area (Å²) in [6, 6.07) is 7.18. The van der Waals surface area contributed by atoms with E-state index in [0.29, 0.717) is 31.3 Å². The Bertz CT molecular complexity index is 747. The van der Waals surface area contributed by atoms with Gasteiger partial charge in [-0.2, -0.15) is 8.78 Å². The molecule has 1 aromatic rings. The van der Waals surface area contributed by atoms with E-state index in [1.165, 1.54) is 19.3 Å². The molecule has 0 spiro atoms. The van der Waals surface area contributed by atoms with Crippen LogP contribution < -0.4 is 25.6 Å². The van der Waals surface area contributed by atoms with Gasteiger partial charge in [-0.25, -0.2) is 4.99 Å². The minimum atomic E-state index is -2.86. The molecular weight excluding hydrogens is 531 g/mol. The van der Waals surface area contributed by atoms with Crippen LogP contribution in [0.2, 0.25) is 0 Å². The van der Waals surface area contributed by atoms with Gasteiger partial charge < -0.3 is 25.6 Å². The van der Waals surface area contributed by atoms with Gasteiger partial charge in [0.05, 0.1) is 5.69 Å². The topological polar surface area (TPSA) is 78.0 Å². The first kappa shape index (κ1) is 26.4. The highest BCUT2D eigenvalue weighted by Gasteiger charge is 2.26. The summed E-state index contributed by atoms with van der Waals surface area (Å²) in [6.45, 7) is 1.21. The van der Waals surface area contributed by atoms with Gasteiger partial charge >= 0.3 is 6.61 Å². The number of ether oxygens (including phenoxy) is 1. The Morgan fingerprint density at radius 3 is 2.62 bits per heavy atom. The number of rotatable bonds is 8. The molecule has 1 heterocycles. The number of hydrogen-bond donors (Lipinski definition) is 3. The number of guanidine groups is 1. The number of nitrogens with zero attached hydrogens (tertiary/aromatic N) is 2. The molecule has 1 saturated heterocycles. The van der Waals surface area contributed by atoms with E-state index in [-0.39, 0.29) is 54.3 Å². The maximum atomic E-state index is 12.7. The molecule has 1 saturated carbocycles. The quantitative estimate of drug-likeness (QED) is 0.256. The number of para-hydroxylation sites is 2. The van der Waals surface area contributed by atoms with Gasteiger partial charge in [-0.1, -0.05) is 31.4 Å². The number of halogens is 3. The lowest BCUT2D eigenvalue weighted by Gasteiger charge is -2.23. The lowest BCUT2D eigenvalue weighted by molar-refractivity contribution is -0.120. The normalized spacial score (nSPS) is 19.4. The molecule has 7 nitrogen and oxygen atoms in total. The number of anilines is 1. The van der Waals surface area contributed by atoms with Crippen LogP contribution in [0.4, 0.5) is 14.5 Å². The summed E-state index contributed by atoms with van der Waals surface area (Å²) in [5.41, 5.74) is 0.654. The van der Waals surface area contributed by atoms with Crippen LogP contribution in [0, 0.1) is 0 Å². The Morgan fingerprint density at radius 1 is 1.16 bits per heavy atom. The monoisotopic (exact) mass is 565 g/mol. The van der Waals surface area contributed by atoms with E-state index < -0.39 is 6.61 Å². The van der Waals surface area contributed by atoms with Crippen molar-refractivity contribution in [2.75, 3.05) is 31.1 Å². The van der Waals surface area contributed by atoms with Gasteiger partial charge in [0.2, 0.25) is 5.91 Å². The molecule has 3 N–H and O–H groups in total. The molecular formula is C22H34F2IN5O2. The SMILES string of the molecule is CCNC(=NCC(=O)NC1CCCCC1)NC1CCN(c2ccccc2OC(F)F)C1.I. The molecule has 1 aliphatic heterocycles. The fourth-order valence-electron chi connectivity index (χ4n) is 4.20. The maximum Gasteiger partial charge on any atom is 0.387 e. The third kappa shape index (κ3) is 8.25. The molecule has 1 amide bonds. The van der Waals surface area contributed by atoms with E-state index in [0.717, 1.165) is 19.3 Å². The molecule has 1 aliphatic carbocycles. The zero-order chi connectivity index (χ0) is 22.1. The molecule has 0 radical (unpaired) electrons. The van der Waals surface area contributed by atoms with Gasteiger partial charge in [0.15, 0.2) is 5.96 Å². The van der Waals surface area contributed by atoms with E-state index >= 15 is 0 Å². The first-order valence-corrected chi connectivity index (χ1v) is 11.2. The van der Waals surface area contributed by atoms with Crippen LogP contribution in [0.5, 0.6) is 5.75 Å². The lowest BCUT2D eigenvalue weighted by Crippen LogP contribution is -2.45. The summed E-state index contributed by atoms with van der Waals surface area (Å²) in [7, 11) is 0. The van der Waals surface area contributed by atoms with Crippen molar-refractivity contribution < 1.29 is 18.3 Å². The highest BCUT2D eigenvalue weighted by Crippen LogP contribution is 2.31.